The van der Waals surface area contributed by atoms with Crippen molar-refractivity contribution in [2.24, 2.45) is 5.41 Å². The molecule has 0 aromatic carbocycles. The van der Waals surface area contributed by atoms with Gasteiger partial charge in [-0.15, -0.1) is 0 Å². The second-order valence-electron chi connectivity index (χ2n) is 8.01. The Balaban J connectivity index is 1.87. The summed E-state index contributed by atoms with van der Waals surface area (Å²) in [7, 11) is 3.68. The van der Waals surface area contributed by atoms with Crippen LogP contribution < -0.4 is 5.73 Å². The lowest BCUT2D eigenvalue weighted by atomic mass is 9.77. The van der Waals surface area contributed by atoms with Crippen LogP contribution >= 0.6 is 0 Å². The van der Waals surface area contributed by atoms with Crippen LogP contribution in [0.1, 0.15) is 50.4 Å². The Labute approximate surface area is 144 Å². The van der Waals surface area contributed by atoms with Crippen LogP contribution in [0.4, 0.5) is 10.5 Å². The number of hydrogen-bond acceptors (Lipinski definition) is 3. The number of aromatic nitrogens is 1. The molecule has 1 aromatic heterocycles. The van der Waals surface area contributed by atoms with Gasteiger partial charge in [0.25, 0.3) is 0 Å². The summed E-state index contributed by atoms with van der Waals surface area (Å²) in [6.45, 7) is 6.01. The van der Waals surface area contributed by atoms with E-state index in [1.54, 1.807) is 9.80 Å². The third-order valence-electron chi connectivity index (χ3n) is 5.28. The molecule has 1 fully saturated rings. The van der Waals surface area contributed by atoms with Crippen LogP contribution in [-0.4, -0.2) is 48.0 Å². The normalized spacial score (nSPS) is 21.8. The van der Waals surface area contributed by atoms with Gasteiger partial charge in [-0.05, 0) is 42.4 Å². The summed E-state index contributed by atoms with van der Waals surface area (Å²) in [5.74, 6) is 0.220. The summed E-state index contributed by atoms with van der Waals surface area (Å²) < 4.78 is 0. The number of rotatable bonds is 2. The molecule has 0 spiro atoms. The predicted molar refractivity (Wildman–Crippen MR) is 97.7 cm³/mol. The minimum atomic E-state index is 0.0686. The number of carbonyl (C=O) groups is 1. The van der Waals surface area contributed by atoms with Crippen molar-refractivity contribution in [3.8, 4) is 0 Å². The minimum absolute atomic E-state index is 0.0686. The van der Waals surface area contributed by atoms with Gasteiger partial charge in [0.1, 0.15) is 0 Å². The zero-order valence-electron chi connectivity index (χ0n) is 15.2. The number of allylic oxidation sites excluding steroid dienone is 2. The van der Waals surface area contributed by atoms with Crippen molar-refractivity contribution < 1.29 is 4.79 Å². The molecule has 5 heteroatoms. The van der Waals surface area contributed by atoms with Gasteiger partial charge >= 0.3 is 6.03 Å². The largest absolute Gasteiger partial charge is 0.397 e. The van der Waals surface area contributed by atoms with Gasteiger partial charge in [0, 0.05) is 38.8 Å². The average molecular weight is 328 g/mol. The lowest BCUT2D eigenvalue weighted by Gasteiger charge is -2.36. The first-order valence-corrected chi connectivity index (χ1v) is 8.69. The van der Waals surface area contributed by atoms with Crippen LogP contribution in [0.15, 0.2) is 18.2 Å². The molecule has 2 heterocycles. The van der Waals surface area contributed by atoms with Crippen LogP contribution in [0.3, 0.4) is 0 Å². The summed E-state index contributed by atoms with van der Waals surface area (Å²) in [6, 6.07) is 4.04. The summed E-state index contributed by atoms with van der Waals surface area (Å²) >= 11 is 0. The van der Waals surface area contributed by atoms with E-state index in [9.17, 15) is 4.79 Å². The fourth-order valence-corrected chi connectivity index (χ4v) is 3.61. The van der Waals surface area contributed by atoms with E-state index in [1.807, 2.05) is 26.2 Å². The zero-order chi connectivity index (χ0) is 17.5. The highest BCUT2D eigenvalue weighted by molar-refractivity contribution is 5.75. The number of pyridine rings is 1. The molecule has 1 saturated heterocycles. The minimum Gasteiger partial charge on any atom is -0.397 e. The van der Waals surface area contributed by atoms with Crippen molar-refractivity contribution in [3.63, 3.8) is 0 Å². The Morgan fingerprint density at radius 1 is 1.21 bits per heavy atom. The molecule has 130 valence electrons. The Bertz CT molecular complexity index is 666. The van der Waals surface area contributed by atoms with Gasteiger partial charge in [0.15, 0.2) is 0 Å². The summed E-state index contributed by atoms with van der Waals surface area (Å²) in [5, 5.41) is 0. The maximum absolute atomic E-state index is 11.9. The molecule has 0 unspecified atom stereocenters. The van der Waals surface area contributed by atoms with Crippen molar-refractivity contribution in [3.05, 3.63) is 29.6 Å². The molecular formula is C19H28N4O. The van der Waals surface area contributed by atoms with Crippen molar-refractivity contribution in [1.82, 2.24) is 14.8 Å². The number of nitrogen functional groups attached to an aromatic ring is 1. The third kappa shape index (κ3) is 3.25. The highest BCUT2D eigenvalue weighted by atomic mass is 16.2. The number of carbonyl (C=O) groups excluding carboxylic acids is 1. The third-order valence-corrected chi connectivity index (χ3v) is 5.28. The van der Waals surface area contributed by atoms with Gasteiger partial charge in [-0.2, -0.15) is 0 Å². The first kappa shape index (κ1) is 16.8. The second-order valence-corrected chi connectivity index (χ2v) is 8.01. The SMILES string of the molecule is CN1CC(c2ccc(N)c(C3=CCC(C)(C)CC3)n2)CN(C)C1=O. The molecule has 1 aliphatic heterocycles. The predicted octanol–water partition coefficient (Wildman–Crippen LogP) is 3.34. The summed E-state index contributed by atoms with van der Waals surface area (Å²) in [4.78, 5) is 20.4. The summed E-state index contributed by atoms with van der Waals surface area (Å²) in [6.07, 6.45) is 5.55. The molecule has 0 radical (unpaired) electrons. The molecule has 3 rings (SSSR count). The van der Waals surface area contributed by atoms with Crippen LogP contribution in [-0.2, 0) is 0 Å². The van der Waals surface area contributed by atoms with Crippen LogP contribution in [0.5, 0.6) is 0 Å². The quantitative estimate of drug-likeness (QED) is 0.905. The molecular weight excluding hydrogens is 300 g/mol. The zero-order valence-corrected chi connectivity index (χ0v) is 15.2. The Morgan fingerprint density at radius 3 is 2.46 bits per heavy atom. The smallest absolute Gasteiger partial charge is 0.319 e. The molecule has 2 amide bonds. The molecule has 0 bridgehead atoms. The summed E-state index contributed by atoms with van der Waals surface area (Å²) in [5.41, 5.74) is 10.6. The highest BCUT2D eigenvalue weighted by Gasteiger charge is 2.30. The first-order valence-electron chi connectivity index (χ1n) is 8.69. The number of urea groups is 1. The van der Waals surface area contributed by atoms with Crippen molar-refractivity contribution in [2.45, 2.75) is 39.0 Å². The van der Waals surface area contributed by atoms with Crippen molar-refractivity contribution in [1.29, 1.82) is 0 Å². The van der Waals surface area contributed by atoms with Gasteiger partial charge < -0.3 is 15.5 Å². The van der Waals surface area contributed by atoms with Gasteiger partial charge in [-0.1, -0.05) is 19.9 Å². The molecule has 2 aliphatic rings. The van der Waals surface area contributed by atoms with Crippen LogP contribution in [0, 0.1) is 5.41 Å². The molecule has 1 aliphatic carbocycles. The monoisotopic (exact) mass is 328 g/mol. The average Bonchev–Trinajstić information content (AvgIpc) is 2.53. The van der Waals surface area contributed by atoms with Crippen molar-refractivity contribution in [2.75, 3.05) is 32.9 Å². The topological polar surface area (TPSA) is 62.5 Å². The number of anilines is 1. The van der Waals surface area contributed by atoms with E-state index in [1.165, 1.54) is 5.57 Å². The standard InChI is InChI=1S/C19H28N4O/c1-19(2)9-7-13(8-10-19)17-15(20)5-6-16(21-17)14-11-22(3)18(24)23(4)12-14/h5-7,14H,8-12,20H2,1-4H3. The fourth-order valence-electron chi connectivity index (χ4n) is 3.61. The Hall–Kier alpha value is -2.04. The second kappa shape index (κ2) is 6.11. The van der Waals surface area contributed by atoms with Crippen LogP contribution in [0.2, 0.25) is 0 Å². The highest BCUT2D eigenvalue weighted by Crippen LogP contribution is 2.39. The lowest BCUT2D eigenvalue weighted by Crippen LogP contribution is -2.49. The molecule has 24 heavy (non-hydrogen) atoms. The number of hydrogen-bond donors (Lipinski definition) is 1. The van der Waals surface area contributed by atoms with Gasteiger partial charge in [-0.25, -0.2) is 4.79 Å². The number of nitrogens with zero attached hydrogens (tertiary/aromatic N) is 3. The van der Waals surface area contributed by atoms with E-state index in [-0.39, 0.29) is 11.9 Å². The fraction of sp³-hybridized carbons (Fsp3) is 0.579. The first-order chi connectivity index (χ1) is 11.3. The van der Waals surface area contributed by atoms with Gasteiger partial charge in [0.05, 0.1) is 11.4 Å². The maximum atomic E-state index is 11.9. The van der Waals surface area contributed by atoms with E-state index in [0.717, 1.165) is 36.3 Å². The molecule has 2 N–H and O–H groups in total. The van der Waals surface area contributed by atoms with E-state index in [2.05, 4.69) is 19.9 Å². The molecule has 5 nitrogen and oxygen atoms in total. The lowest BCUT2D eigenvalue weighted by molar-refractivity contribution is 0.144. The van der Waals surface area contributed by atoms with E-state index < -0.39 is 0 Å². The van der Waals surface area contributed by atoms with E-state index in [0.29, 0.717) is 18.5 Å². The number of nitrogens with two attached hydrogens (primary N) is 1. The van der Waals surface area contributed by atoms with Gasteiger partial charge in [-0.3, -0.25) is 4.98 Å². The molecule has 0 atom stereocenters. The van der Waals surface area contributed by atoms with E-state index >= 15 is 0 Å². The Kier molecular flexibility index (Phi) is 4.28. The Morgan fingerprint density at radius 2 is 1.88 bits per heavy atom. The van der Waals surface area contributed by atoms with E-state index in [4.69, 9.17) is 10.7 Å². The maximum Gasteiger partial charge on any atom is 0.319 e. The van der Waals surface area contributed by atoms with Gasteiger partial charge in [0.2, 0.25) is 0 Å². The molecule has 0 saturated carbocycles. The van der Waals surface area contributed by atoms with Crippen molar-refractivity contribution >= 4 is 17.3 Å². The number of amides is 2. The number of likely N-dealkylation sites (N-methyl/N-ethyl adjacent to an activating group) is 2. The van der Waals surface area contributed by atoms with Crippen LogP contribution in [0.25, 0.3) is 5.57 Å². The molecule has 1 aromatic rings.